The van der Waals surface area contributed by atoms with Crippen molar-refractivity contribution in [2.75, 3.05) is 17.2 Å². The average Bonchev–Trinajstić information content (AvgIpc) is 2.70. The molecule has 0 heterocycles. The number of ether oxygens (including phenoxy) is 2. The van der Waals surface area contributed by atoms with Gasteiger partial charge in [0.25, 0.3) is 0 Å². The Morgan fingerprint density at radius 2 is 1.21 bits per heavy atom. The van der Waals surface area contributed by atoms with Gasteiger partial charge in [-0.05, 0) is 69.3 Å². The number of rotatable bonds is 6. The van der Waals surface area contributed by atoms with Crippen molar-refractivity contribution in [2.24, 2.45) is 5.41 Å². The van der Waals surface area contributed by atoms with Gasteiger partial charge < -0.3 is 14.8 Å². The largest absolute Gasteiger partial charge is 0.454 e. The summed E-state index contributed by atoms with van der Waals surface area (Å²) >= 11 is 0. The topological polar surface area (TPSA) is 111 Å². The maximum Gasteiger partial charge on any atom is 0.412 e. The molecule has 8 heteroatoms. The second kappa shape index (κ2) is 10.3. The third-order valence-corrected chi connectivity index (χ3v) is 4.25. The van der Waals surface area contributed by atoms with Gasteiger partial charge in [0.05, 0.1) is 5.56 Å². The molecule has 2 rings (SSSR count). The Balaban J connectivity index is 1.88. The highest BCUT2D eigenvalue weighted by atomic mass is 16.6. The van der Waals surface area contributed by atoms with Crippen LogP contribution < -0.4 is 10.6 Å². The van der Waals surface area contributed by atoms with Crippen molar-refractivity contribution >= 4 is 35.1 Å². The first-order chi connectivity index (χ1) is 15.2. The van der Waals surface area contributed by atoms with E-state index in [0.717, 1.165) is 0 Å². The van der Waals surface area contributed by atoms with Gasteiger partial charge in [-0.1, -0.05) is 20.8 Å². The summed E-state index contributed by atoms with van der Waals surface area (Å²) in [5, 5.41) is 5.34. The smallest absolute Gasteiger partial charge is 0.412 e. The minimum atomic E-state index is -0.666. The number of amides is 2. The SMILES string of the molecule is CC(C)(C)OC(=O)Nc1ccc(C(=O)OCC(=O)c2ccc(NC(=O)C(C)(C)C)cc2)cc1. The normalized spacial score (nSPS) is 11.3. The number of nitrogens with one attached hydrogen (secondary N) is 2. The van der Waals surface area contributed by atoms with Crippen LogP contribution in [0.4, 0.5) is 16.2 Å². The lowest BCUT2D eigenvalue weighted by Crippen LogP contribution is -2.27. The van der Waals surface area contributed by atoms with Crippen molar-refractivity contribution in [1.82, 2.24) is 0 Å². The van der Waals surface area contributed by atoms with Gasteiger partial charge in [-0.25, -0.2) is 9.59 Å². The molecule has 2 amide bonds. The van der Waals surface area contributed by atoms with Gasteiger partial charge in [-0.15, -0.1) is 0 Å². The predicted molar refractivity (Wildman–Crippen MR) is 125 cm³/mol. The molecule has 176 valence electrons. The fraction of sp³-hybridized carbons (Fsp3) is 0.360. The van der Waals surface area contributed by atoms with E-state index in [1.54, 1.807) is 65.8 Å². The molecule has 0 fully saturated rings. The quantitative estimate of drug-likeness (QED) is 0.466. The minimum Gasteiger partial charge on any atom is -0.454 e. The van der Waals surface area contributed by atoms with Crippen LogP contribution in [0.1, 0.15) is 62.3 Å². The Hall–Kier alpha value is -3.68. The highest BCUT2D eigenvalue weighted by Gasteiger charge is 2.21. The van der Waals surface area contributed by atoms with Gasteiger partial charge in [0, 0.05) is 22.4 Å². The van der Waals surface area contributed by atoms with E-state index in [1.807, 2.05) is 0 Å². The number of ketones is 1. The van der Waals surface area contributed by atoms with Crippen molar-refractivity contribution in [1.29, 1.82) is 0 Å². The first-order valence-corrected chi connectivity index (χ1v) is 10.5. The van der Waals surface area contributed by atoms with Crippen molar-refractivity contribution in [3.63, 3.8) is 0 Å². The Morgan fingerprint density at radius 3 is 1.70 bits per heavy atom. The molecule has 0 unspecified atom stereocenters. The third-order valence-electron chi connectivity index (χ3n) is 4.25. The second-order valence-corrected chi connectivity index (χ2v) is 9.49. The van der Waals surface area contributed by atoms with Crippen molar-refractivity contribution in [3.8, 4) is 0 Å². The van der Waals surface area contributed by atoms with E-state index in [0.29, 0.717) is 16.9 Å². The Labute approximate surface area is 193 Å². The molecule has 0 saturated heterocycles. The summed E-state index contributed by atoms with van der Waals surface area (Å²) in [6.45, 7) is 10.3. The van der Waals surface area contributed by atoms with Crippen molar-refractivity contribution < 1.29 is 28.7 Å². The van der Waals surface area contributed by atoms with E-state index >= 15 is 0 Å². The minimum absolute atomic E-state index is 0.136. The van der Waals surface area contributed by atoms with Gasteiger partial charge in [0.1, 0.15) is 5.60 Å². The molecule has 2 aromatic carbocycles. The zero-order chi connectivity index (χ0) is 24.8. The zero-order valence-electron chi connectivity index (χ0n) is 19.8. The van der Waals surface area contributed by atoms with Crippen LogP contribution in [0.2, 0.25) is 0 Å². The molecule has 2 aromatic rings. The van der Waals surface area contributed by atoms with Crippen LogP contribution in [0, 0.1) is 5.41 Å². The molecule has 0 aliphatic heterocycles. The molecule has 0 spiro atoms. The molecular formula is C25H30N2O6. The molecule has 0 aliphatic rings. The maximum atomic E-state index is 12.3. The molecule has 2 N–H and O–H groups in total. The lowest BCUT2D eigenvalue weighted by atomic mass is 9.95. The average molecular weight is 455 g/mol. The van der Waals surface area contributed by atoms with E-state index in [-0.39, 0.29) is 17.3 Å². The molecule has 8 nitrogen and oxygen atoms in total. The number of Topliss-reactive ketones (excluding diaryl/α,β-unsaturated/α-hetero) is 1. The van der Waals surface area contributed by atoms with Crippen LogP contribution in [0.15, 0.2) is 48.5 Å². The van der Waals surface area contributed by atoms with Crippen LogP contribution in [0.25, 0.3) is 0 Å². The summed E-state index contributed by atoms with van der Waals surface area (Å²) in [6.07, 6.45) is -0.604. The number of hydrogen-bond donors (Lipinski definition) is 2. The summed E-state index contributed by atoms with van der Waals surface area (Å²) < 4.78 is 10.3. The molecule has 0 aliphatic carbocycles. The maximum absolute atomic E-state index is 12.3. The fourth-order valence-electron chi connectivity index (χ4n) is 2.47. The van der Waals surface area contributed by atoms with E-state index in [1.165, 1.54) is 24.3 Å². The number of carbonyl (C=O) groups is 4. The first-order valence-electron chi connectivity index (χ1n) is 10.5. The fourth-order valence-corrected chi connectivity index (χ4v) is 2.47. The first kappa shape index (κ1) is 25.6. The van der Waals surface area contributed by atoms with Crippen LogP contribution >= 0.6 is 0 Å². The number of anilines is 2. The molecular weight excluding hydrogens is 424 g/mol. The summed E-state index contributed by atoms with van der Waals surface area (Å²) in [6, 6.07) is 12.4. The highest BCUT2D eigenvalue weighted by molar-refractivity contribution is 6.00. The number of hydrogen-bond acceptors (Lipinski definition) is 6. The van der Waals surface area contributed by atoms with Gasteiger partial charge in [-0.2, -0.15) is 0 Å². The molecule has 0 radical (unpaired) electrons. The molecule has 33 heavy (non-hydrogen) atoms. The summed E-state index contributed by atoms with van der Waals surface area (Å²) in [5.41, 5.74) is 0.457. The Bertz CT molecular complexity index is 1010. The lowest BCUT2D eigenvalue weighted by molar-refractivity contribution is -0.123. The molecule has 0 saturated carbocycles. The molecule has 0 atom stereocenters. The van der Waals surface area contributed by atoms with Crippen LogP contribution in [0.5, 0.6) is 0 Å². The lowest BCUT2D eigenvalue weighted by Gasteiger charge is -2.19. The summed E-state index contributed by atoms with van der Waals surface area (Å²) in [5.74, 6) is -1.18. The van der Waals surface area contributed by atoms with Crippen molar-refractivity contribution in [3.05, 3.63) is 59.7 Å². The van der Waals surface area contributed by atoms with E-state index in [2.05, 4.69) is 10.6 Å². The Morgan fingerprint density at radius 1 is 0.727 bits per heavy atom. The number of benzene rings is 2. The summed E-state index contributed by atoms with van der Waals surface area (Å²) in [7, 11) is 0. The van der Waals surface area contributed by atoms with Gasteiger partial charge >= 0.3 is 12.1 Å². The van der Waals surface area contributed by atoms with E-state index < -0.39 is 29.7 Å². The Kier molecular flexibility index (Phi) is 7.98. The van der Waals surface area contributed by atoms with Crippen molar-refractivity contribution in [2.45, 2.75) is 47.1 Å². The zero-order valence-corrected chi connectivity index (χ0v) is 19.8. The predicted octanol–water partition coefficient (Wildman–Crippen LogP) is 5.06. The number of esters is 1. The second-order valence-electron chi connectivity index (χ2n) is 9.49. The summed E-state index contributed by atoms with van der Waals surface area (Å²) in [4.78, 5) is 48.4. The van der Waals surface area contributed by atoms with Gasteiger partial charge in [0.2, 0.25) is 5.91 Å². The van der Waals surface area contributed by atoms with Gasteiger partial charge in [0.15, 0.2) is 12.4 Å². The molecule has 0 bridgehead atoms. The van der Waals surface area contributed by atoms with E-state index in [9.17, 15) is 19.2 Å². The molecule has 0 aromatic heterocycles. The van der Waals surface area contributed by atoms with E-state index in [4.69, 9.17) is 9.47 Å². The van der Waals surface area contributed by atoms with Crippen LogP contribution in [-0.4, -0.2) is 36.0 Å². The highest BCUT2D eigenvalue weighted by Crippen LogP contribution is 2.18. The van der Waals surface area contributed by atoms with Crippen LogP contribution in [-0.2, 0) is 14.3 Å². The standard InChI is InChI=1S/C25H30N2O6/c1-24(2,3)22(30)26-18-11-7-16(8-12-18)20(28)15-32-21(29)17-9-13-19(14-10-17)27-23(31)33-25(4,5)6/h7-14H,15H2,1-6H3,(H,26,30)(H,27,31). The number of carbonyl (C=O) groups excluding carboxylic acids is 4. The third kappa shape index (κ3) is 8.40. The monoisotopic (exact) mass is 454 g/mol. The van der Waals surface area contributed by atoms with Gasteiger partial charge in [-0.3, -0.25) is 14.9 Å². The van der Waals surface area contributed by atoms with Crippen LogP contribution in [0.3, 0.4) is 0 Å².